The standard InChI is InChI=1S/C8H15NO3/c1-6(5-12-2)9-4-7(10)3-8(9)11/h6-7,10H,3-5H2,1-2H3. The van der Waals surface area contributed by atoms with E-state index in [0.717, 1.165) is 0 Å². The molecule has 1 aliphatic rings. The van der Waals surface area contributed by atoms with Crippen molar-refractivity contribution in [3.63, 3.8) is 0 Å². The second-order valence-electron chi connectivity index (χ2n) is 3.21. The first-order chi connectivity index (χ1) is 5.65. The number of aliphatic hydroxyl groups is 1. The molecule has 0 aromatic rings. The van der Waals surface area contributed by atoms with Gasteiger partial charge in [0.2, 0.25) is 5.91 Å². The highest BCUT2D eigenvalue weighted by Crippen LogP contribution is 2.13. The Morgan fingerprint density at radius 2 is 2.50 bits per heavy atom. The van der Waals surface area contributed by atoms with E-state index in [0.29, 0.717) is 13.2 Å². The molecule has 1 fully saturated rings. The quantitative estimate of drug-likeness (QED) is 0.632. The summed E-state index contributed by atoms with van der Waals surface area (Å²) in [5, 5.41) is 9.18. The molecule has 1 amide bonds. The van der Waals surface area contributed by atoms with E-state index < -0.39 is 6.10 Å². The largest absolute Gasteiger partial charge is 0.391 e. The van der Waals surface area contributed by atoms with Crippen LogP contribution in [0.1, 0.15) is 13.3 Å². The zero-order valence-electron chi connectivity index (χ0n) is 7.49. The van der Waals surface area contributed by atoms with Gasteiger partial charge in [0.1, 0.15) is 0 Å². The number of nitrogens with zero attached hydrogens (tertiary/aromatic N) is 1. The SMILES string of the molecule is COCC(C)N1CC(O)CC1=O. The number of rotatable bonds is 3. The highest BCUT2D eigenvalue weighted by molar-refractivity contribution is 5.79. The number of amides is 1. The zero-order valence-corrected chi connectivity index (χ0v) is 7.49. The van der Waals surface area contributed by atoms with Gasteiger partial charge < -0.3 is 14.7 Å². The van der Waals surface area contributed by atoms with Crippen molar-refractivity contribution in [2.45, 2.75) is 25.5 Å². The molecule has 1 saturated heterocycles. The minimum Gasteiger partial charge on any atom is -0.391 e. The van der Waals surface area contributed by atoms with E-state index in [4.69, 9.17) is 4.74 Å². The van der Waals surface area contributed by atoms with Crippen LogP contribution in [-0.4, -0.2) is 48.3 Å². The average molecular weight is 173 g/mol. The van der Waals surface area contributed by atoms with E-state index in [1.54, 1.807) is 12.0 Å². The number of likely N-dealkylation sites (tertiary alicyclic amines) is 1. The van der Waals surface area contributed by atoms with E-state index in [1.807, 2.05) is 6.92 Å². The second kappa shape index (κ2) is 3.87. The minimum absolute atomic E-state index is 0.0204. The third kappa shape index (κ3) is 1.95. The van der Waals surface area contributed by atoms with Crippen molar-refractivity contribution in [1.82, 2.24) is 4.90 Å². The van der Waals surface area contributed by atoms with Crippen molar-refractivity contribution in [3.8, 4) is 0 Å². The van der Waals surface area contributed by atoms with E-state index in [2.05, 4.69) is 0 Å². The molecule has 0 bridgehead atoms. The van der Waals surface area contributed by atoms with Crippen molar-refractivity contribution in [2.75, 3.05) is 20.3 Å². The maximum absolute atomic E-state index is 11.2. The number of carbonyl (C=O) groups is 1. The number of methoxy groups -OCH3 is 1. The van der Waals surface area contributed by atoms with Gasteiger partial charge in [-0.05, 0) is 6.92 Å². The van der Waals surface area contributed by atoms with Crippen LogP contribution >= 0.6 is 0 Å². The Morgan fingerprint density at radius 1 is 1.83 bits per heavy atom. The van der Waals surface area contributed by atoms with Gasteiger partial charge in [0.05, 0.1) is 25.2 Å². The van der Waals surface area contributed by atoms with Gasteiger partial charge in [-0.25, -0.2) is 0 Å². The van der Waals surface area contributed by atoms with Crippen LogP contribution in [0, 0.1) is 0 Å². The van der Waals surface area contributed by atoms with Crippen molar-refractivity contribution < 1.29 is 14.6 Å². The second-order valence-corrected chi connectivity index (χ2v) is 3.21. The summed E-state index contributed by atoms with van der Waals surface area (Å²) in [6.07, 6.45) is -0.231. The summed E-state index contributed by atoms with van der Waals surface area (Å²) in [5.41, 5.74) is 0. The van der Waals surface area contributed by atoms with E-state index in [-0.39, 0.29) is 18.4 Å². The van der Waals surface area contributed by atoms with Crippen LogP contribution in [0.3, 0.4) is 0 Å². The molecule has 4 heteroatoms. The lowest BCUT2D eigenvalue weighted by Gasteiger charge is -2.23. The molecular formula is C8H15NO3. The monoisotopic (exact) mass is 173 g/mol. The third-order valence-corrected chi connectivity index (χ3v) is 2.08. The van der Waals surface area contributed by atoms with Gasteiger partial charge in [0, 0.05) is 13.7 Å². The Hall–Kier alpha value is -0.610. The van der Waals surface area contributed by atoms with Crippen LogP contribution in [-0.2, 0) is 9.53 Å². The third-order valence-electron chi connectivity index (χ3n) is 2.08. The summed E-state index contributed by atoms with van der Waals surface area (Å²) in [5.74, 6) is 0.0204. The first-order valence-electron chi connectivity index (χ1n) is 4.11. The maximum Gasteiger partial charge on any atom is 0.225 e. The predicted octanol–water partition coefficient (Wildman–Crippen LogP) is -0.386. The van der Waals surface area contributed by atoms with Crippen molar-refractivity contribution in [3.05, 3.63) is 0 Å². The fraction of sp³-hybridized carbons (Fsp3) is 0.875. The molecule has 70 valence electrons. The molecule has 0 radical (unpaired) electrons. The molecule has 0 aromatic heterocycles. The molecule has 1 heterocycles. The van der Waals surface area contributed by atoms with Gasteiger partial charge in [-0.15, -0.1) is 0 Å². The molecule has 0 aromatic carbocycles. The first-order valence-corrected chi connectivity index (χ1v) is 4.11. The summed E-state index contributed by atoms with van der Waals surface area (Å²) >= 11 is 0. The van der Waals surface area contributed by atoms with Crippen molar-refractivity contribution in [1.29, 1.82) is 0 Å². The van der Waals surface area contributed by atoms with Crippen LogP contribution in [0.15, 0.2) is 0 Å². The minimum atomic E-state index is -0.489. The van der Waals surface area contributed by atoms with E-state index in [9.17, 15) is 9.90 Å². The van der Waals surface area contributed by atoms with Crippen molar-refractivity contribution >= 4 is 5.91 Å². The molecule has 2 unspecified atom stereocenters. The Labute approximate surface area is 72.1 Å². The Balaban J connectivity index is 2.46. The average Bonchev–Trinajstić information content (AvgIpc) is 2.30. The Morgan fingerprint density at radius 3 is 2.92 bits per heavy atom. The molecule has 12 heavy (non-hydrogen) atoms. The smallest absolute Gasteiger partial charge is 0.225 e. The normalized spacial score (nSPS) is 26.4. The Kier molecular flexibility index (Phi) is 3.05. The lowest BCUT2D eigenvalue weighted by atomic mass is 10.3. The molecular weight excluding hydrogens is 158 g/mol. The van der Waals surface area contributed by atoms with Gasteiger partial charge in [0.25, 0.3) is 0 Å². The van der Waals surface area contributed by atoms with Gasteiger partial charge in [-0.2, -0.15) is 0 Å². The molecule has 0 spiro atoms. The van der Waals surface area contributed by atoms with E-state index in [1.165, 1.54) is 0 Å². The predicted molar refractivity (Wildman–Crippen MR) is 43.7 cm³/mol. The lowest BCUT2D eigenvalue weighted by Crippen LogP contribution is -2.37. The van der Waals surface area contributed by atoms with Crippen LogP contribution in [0.25, 0.3) is 0 Å². The fourth-order valence-corrected chi connectivity index (χ4v) is 1.47. The fourth-order valence-electron chi connectivity index (χ4n) is 1.47. The molecule has 2 atom stereocenters. The molecule has 4 nitrogen and oxygen atoms in total. The first kappa shape index (κ1) is 9.48. The summed E-state index contributed by atoms with van der Waals surface area (Å²) in [7, 11) is 1.60. The summed E-state index contributed by atoms with van der Waals surface area (Å²) in [6.45, 7) is 2.89. The molecule has 0 saturated carbocycles. The van der Waals surface area contributed by atoms with Crippen LogP contribution in [0.5, 0.6) is 0 Å². The number of aliphatic hydroxyl groups excluding tert-OH is 1. The van der Waals surface area contributed by atoms with Gasteiger partial charge in [0.15, 0.2) is 0 Å². The van der Waals surface area contributed by atoms with Crippen molar-refractivity contribution in [2.24, 2.45) is 0 Å². The maximum atomic E-state index is 11.2. The highest BCUT2D eigenvalue weighted by Gasteiger charge is 2.30. The lowest BCUT2D eigenvalue weighted by molar-refractivity contribution is -0.130. The molecule has 1 N–H and O–H groups in total. The van der Waals surface area contributed by atoms with Crippen LogP contribution in [0.2, 0.25) is 0 Å². The number of ether oxygens (including phenoxy) is 1. The zero-order chi connectivity index (χ0) is 9.14. The summed E-state index contributed by atoms with van der Waals surface area (Å²) in [6, 6.07) is 0.0691. The number of hydrogen-bond acceptors (Lipinski definition) is 3. The number of β-amino-alcohol motifs (C(OH)–C–C–N with tert-alkyl or cyclic N) is 1. The molecule has 1 rings (SSSR count). The number of hydrogen-bond donors (Lipinski definition) is 1. The van der Waals surface area contributed by atoms with Gasteiger partial charge >= 0.3 is 0 Å². The van der Waals surface area contributed by atoms with Crippen LogP contribution in [0.4, 0.5) is 0 Å². The van der Waals surface area contributed by atoms with E-state index >= 15 is 0 Å². The van der Waals surface area contributed by atoms with Gasteiger partial charge in [-0.1, -0.05) is 0 Å². The summed E-state index contributed by atoms with van der Waals surface area (Å²) in [4.78, 5) is 12.9. The Bertz CT molecular complexity index is 172. The summed E-state index contributed by atoms with van der Waals surface area (Å²) < 4.78 is 4.92. The molecule has 1 aliphatic heterocycles. The molecule has 0 aliphatic carbocycles. The van der Waals surface area contributed by atoms with Crippen LogP contribution < -0.4 is 0 Å². The number of carbonyl (C=O) groups excluding carboxylic acids is 1. The highest BCUT2D eigenvalue weighted by atomic mass is 16.5. The van der Waals surface area contributed by atoms with Gasteiger partial charge in [-0.3, -0.25) is 4.79 Å². The topological polar surface area (TPSA) is 49.8 Å².